The van der Waals surface area contributed by atoms with Gasteiger partial charge in [0.15, 0.2) is 0 Å². The van der Waals surface area contributed by atoms with E-state index in [0.717, 1.165) is 5.00 Å². The molecule has 0 aromatic carbocycles. The lowest BCUT2D eigenvalue weighted by molar-refractivity contribution is 0.252. The van der Waals surface area contributed by atoms with E-state index in [1.54, 1.807) is 0 Å². The third kappa shape index (κ3) is 3.58. The van der Waals surface area contributed by atoms with Crippen molar-refractivity contribution < 1.29 is 4.79 Å². The lowest BCUT2D eigenvalue weighted by Gasteiger charge is -2.02. The number of carbonyl (C=O) groups is 1. The van der Waals surface area contributed by atoms with Crippen molar-refractivity contribution in [3.63, 3.8) is 0 Å². The first-order valence-corrected chi connectivity index (χ1v) is 4.66. The van der Waals surface area contributed by atoms with Gasteiger partial charge in [-0.1, -0.05) is 0 Å². The fourth-order valence-electron chi connectivity index (χ4n) is 0.738. The molecule has 0 radical (unpaired) electrons. The summed E-state index contributed by atoms with van der Waals surface area (Å²) in [4.78, 5) is 11.1. The third-order valence-electron chi connectivity index (χ3n) is 1.28. The van der Waals surface area contributed by atoms with Crippen LogP contribution in [-0.2, 0) is 0 Å². The van der Waals surface area contributed by atoms with Gasteiger partial charge in [0.25, 0.3) is 0 Å². The zero-order valence-corrected chi connectivity index (χ0v) is 7.73. The molecule has 0 bridgehead atoms. The number of nitrogens with zero attached hydrogens (tertiary/aromatic N) is 1. The van der Waals surface area contributed by atoms with E-state index in [-0.39, 0.29) is 6.03 Å². The highest BCUT2D eigenvalue weighted by atomic mass is 32.1. The van der Waals surface area contributed by atoms with Crippen molar-refractivity contribution in [3.05, 3.63) is 17.5 Å². The molecular formula is C8H9N3OS. The first-order valence-electron chi connectivity index (χ1n) is 3.78. The molecule has 13 heavy (non-hydrogen) atoms. The SMILES string of the molecule is N#CCCNC(=O)Nc1cccs1. The number of anilines is 1. The van der Waals surface area contributed by atoms with Crippen molar-refractivity contribution in [1.82, 2.24) is 5.32 Å². The molecule has 0 saturated carbocycles. The summed E-state index contributed by atoms with van der Waals surface area (Å²) >= 11 is 1.45. The number of amides is 2. The number of carbonyl (C=O) groups excluding carboxylic acids is 1. The first-order chi connectivity index (χ1) is 6.33. The quantitative estimate of drug-likeness (QED) is 0.722. The Bertz CT molecular complexity index is 302. The number of thiophene rings is 1. The highest BCUT2D eigenvalue weighted by molar-refractivity contribution is 7.14. The average molecular weight is 195 g/mol. The summed E-state index contributed by atoms with van der Waals surface area (Å²) in [7, 11) is 0. The zero-order chi connectivity index (χ0) is 9.52. The van der Waals surface area contributed by atoms with E-state index in [0.29, 0.717) is 13.0 Å². The lowest BCUT2D eigenvalue weighted by Crippen LogP contribution is -2.28. The van der Waals surface area contributed by atoms with E-state index in [2.05, 4.69) is 10.6 Å². The Morgan fingerprint density at radius 3 is 3.15 bits per heavy atom. The lowest BCUT2D eigenvalue weighted by atomic mass is 10.5. The van der Waals surface area contributed by atoms with Crippen molar-refractivity contribution in [2.24, 2.45) is 0 Å². The Kier molecular flexibility index (Phi) is 3.79. The summed E-state index contributed by atoms with van der Waals surface area (Å²) in [6.45, 7) is 0.383. The molecule has 0 spiro atoms. The highest BCUT2D eigenvalue weighted by Gasteiger charge is 1.99. The Hall–Kier alpha value is -1.54. The van der Waals surface area contributed by atoms with E-state index < -0.39 is 0 Å². The van der Waals surface area contributed by atoms with Crippen molar-refractivity contribution >= 4 is 22.4 Å². The van der Waals surface area contributed by atoms with Crippen LogP contribution >= 0.6 is 11.3 Å². The summed E-state index contributed by atoms with van der Waals surface area (Å²) in [6, 6.07) is 5.35. The second-order valence-corrected chi connectivity index (χ2v) is 3.21. The molecule has 1 rings (SSSR count). The third-order valence-corrected chi connectivity index (χ3v) is 2.07. The molecule has 0 aliphatic carbocycles. The number of rotatable bonds is 3. The van der Waals surface area contributed by atoms with Crippen LogP contribution in [0.4, 0.5) is 9.80 Å². The van der Waals surface area contributed by atoms with Gasteiger partial charge in [0.05, 0.1) is 17.5 Å². The Labute approximate surface area is 80.2 Å². The maximum atomic E-state index is 11.1. The molecule has 5 heteroatoms. The molecule has 0 aliphatic heterocycles. The molecule has 1 aromatic heterocycles. The van der Waals surface area contributed by atoms with Crippen molar-refractivity contribution in [1.29, 1.82) is 5.26 Å². The van der Waals surface area contributed by atoms with Crippen molar-refractivity contribution in [2.45, 2.75) is 6.42 Å². The molecule has 2 amide bonds. The van der Waals surface area contributed by atoms with Gasteiger partial charge in [-0.2, -0.15) is 5.26 Å². The van der Waals surface area contributed by atoms with E-state index >= 15 is 0 Å². The number of hydrogen-bond donors (Lipinski definition) is 2. The van der Waals surface area contributed by atoms with Crippen LogP contribution in [0.5, 0.6) is 0 Å². The van der Waals surface area contributed by atoms with E-state index in [9.17, 15) is 4.79 Å². The number of nitriles is 1. The standard InChI is InChI=1S/C8H9N3OS/c9-4-2-5-10-8(12)11-7-3-1-6-13-7/h1,3,6H,2,5H2,(H2,10,11,12). The van der Waals surface area contributed by atoms with E-state index in [1.165, 1.54) is 11.3 Å². The molecule has 0 unspecified atom stereocenters. The minimum Gasteiger partial charge on any atom is -0.337 e. The van der Waals surface area contributed by atoms with E-state index in [1.807, 2.05) is 23.6 Å². The molecule has 68 valence electrons. The van der Waals surface area contributed by atoms with Gasteiger partial charge in [0, 0.05) is 6.54 Å². The number of urea groups is 1. The van der Waals surface area contributed by atoms with Crippen molar-refractivity contribution in [2.75, 3.05) is 11.9 Å². The highest BCUT2D eigenvalue weighted by Crippen LogP contribution is 2.14. The topological polar surface area (TPSA) is 64.9 Å². The molecule has 0 atom stereocenters. The average Bonchev–Trinajstić information content (AvgIpc) is 2.57. The number of nitrogens with one attached hydrogen (secondary N) is 2. The first kappa shape index (κ1) is 9.55. The maximum absolute atomic E-state index is 11.1. The second-order valence-electron chi connectivity index (χ2n) is 2.27. The smallest absolute Gasteiger partial charge is 0.319 e. The molecule has 0 aliphatic rings. The molecular weight excluding hydrogens is 186 g/mol. The second kappa shape index (κ2) is 5.17. The summed E-state index contributed by atoms with van der Waals surface area (Å²) in [5.74, 6) is 0. The molecule has 1 heterocycles. The summed E-state index contributed by atoms with van der Waals surface area (Å²) in [5, 5.41) is 16.1. The van der Waals surface area contributed by atoms with Gasteiger partial charge < -0.3 is 5.32 Å². The fraction of sp³-hybridized carbons (Fsp3) is 0.250. The zero-order valence-electron chi connectivity index (χ0n) is 6.91. The van der Waals surface area contributed by atoms with Crippen LogP contribution in [0.25, 0.3) is 0 Å². The molecule has 0 saturated heterocycles. The summed E-state index contributed by atoms with van der Waals surface area (Å²) < 4.78 is 0. The summed E-state index contributed by atoms with van der Waals surface area (Å²) in [5.41, 5.74) is 0. The van der Waals surface area contributed by atoms with Crippen LogP contribution in [0.15, 0.2) is 17.5 Å². The summed E-state index contributed by atoms with van der Waals surface area (Å²) in [6.07, 6.45) is 0.331. The van der Waals surface area contributed by atoms with Gasteiger partial charge >= 0.3 is 6.03 Å². The maximum Gasteiger partial charge on any atom is 0.319 e. The Morgan fingerprint density at radius 2 is 2.54 bits per heavy atom. The van der Waals surface area contributed by atoms with Crippen LogP contribution in [0.3, 0.4) is 0 Å². The fourth-order valence-corrected chi connectivity index (χ4v) is 1.35. The largest absolute Gasteiger partial charge is 0.337 e. The van der Waals surface area contributed by atoms with Gasteiger partial charge in [-0.05, 0) is 17.5 Å². The van der Waals surface area contributed by atoms with Gasteiger partial charge in [-0.3, -0.25) is 5.32 Å². The van der Waals surface area contributed by atoms with Crippen LogP contribution in [0, 0.1) is 11.3 Å². The van der Waals surface area contributed by atoms with Crippen LogP contribution in [0.1, 0.15) is 6.42 Å². The van der Waals surface area contributed by atoms with Crippen LogP contribution in [0.2, 0.25) is 0 Å². The van der Waals surface area contributed by atoms with Crippen LogP contribution in [-0.4, -0.2) is 12.6 Å². The van der Waals surface area contributed by atoms with Crippen molar-refractivity contribution in [3.8, 4) is 6.07 Å². The van der Waals surface area contributed by atoms with Crippen LogP contribution < -0.4 is 10.6 Å². The normalized spacial score (nSPS) is 8.85. The predicted molar refractivity (Wildman–Crippen MR) is 51.6 cm³/mol. The minimum absolute atomic E-state index is 0.266. The molecule has 0 fully saturated rings. The minimum atomic E-state index is -0.266. The number of hydrogen-bond acceptors (Lipinski definition) is 3. The Morgan fingerprint density at radius 1 is 1.69 bits per heavy atom. The molecule has 4 nitrogen and oxygen atoms in total. The van der Waals surface area contributed by atoms with Gasteiger partial charge in [0.2, 0.25) is 0 Å². The van der Waals surface area contributed by atoms with Gasteiger partial charge in [-0.25, -0.2) is 4.79 Å². The molecule has 2 N–H and O–H groups in total. The monoisotopic (exact) mass is 195 g/mol. The van der Waals surface area contributed by atoms with Gasteiger partial charge in [0.1, 0.15) is 0 Å². The Balaban J connectivity index is 2.23. The van der Waals surface area contributed by atoms with Gasteiger partial charge in [-0.15, -0.1) is 11.3 Å². The predicted octanol–water partition coefficient (Wildman–Crippen LogP) is 1.78. The van der Waals surface area contributed by atoms with E-state index in [4.69, 9.17) is 5.26 Å². The molecule has 1 aromatic rings.